The van der Waals surface area contributed by atoms with E-state index >= 15 is 0 Å². The Labute approximate surface area is 105 Å². The van der Waals surface area contributed by atoms with E-state index in [4.69, 9.17) is 10.5 Å². The Morgan fingerprint density at radius 3 is 2.78 bits per heavy atom. The smallest absolute Gasteiger partial charge is 0.257 e. The van der Waals surface area contributed by atoms with Gasteiger partial charge in [0.1, 0.15) is 5.75 Å². The first kappa shape index (κ1) is 14.2. The third kappa shape index (κ3) is 3.55. The molecule has 1 aromatic rings. The predicted molar refractivity (Wildman–Crippen MR) is 69.3 cm³/mol. The summed E-state index contributed by atoms with van der Waals surface area (Å²) in [5.41, 5.74) is 7.73. The van der Waals surface area contributed by atoms with Gasteiger partial charge in [0.2, 0.25) is 0 Å². The standard InChI is InChI=1S/C13H16F2N2O/c1-9-4-3-5-11(13(9)18-2)10(6-16)7-17-8-12(14)15/h3-7,12H,8,16H2,1-2H3. The predicted octanol–water partition coefficient (Wildman–Crippen LogP) is 2.64. The van der Waals surface area contributed by atoms with Gasteiger partial charge in [-0.1, -0.05) is 18.2 Å². The van der Waals surface area contributed by atoms with Crippen LogP contribution in [0.25, 0.3) is 5.57 Å². The van der Waals surface area contributed by atoms with E-state index in [0.717, 1.165) is 11.1 Å². The molecule has 0 spiro atoms. The number of alkyl halides is 2. The van der Waals surface area contributed by atoms with E-state index in [9.17, 15) is 8.78 Å². The summed E-state index contributed by atoms with van der Waals surface area (Å²) in [5.74, 6) is 0.665. The Kier molecular flexibility index (Phi) is 5.30. The first-order valence-electron chi connectivity index (χ1n) is 5.44. The number of allylic oxidation sites excluding steroid dienone is 1. The summed E-state index contributed by atoms with van der Waals surface area (Å²) in [5, 5.41) is 0. The Morgan fingerprint density at radius 1 is 1.50 bits per heavy atom. The normalized spacial score (nSPS) is 12.4. The van der Waals surface area contributed by atoms with Crippen molar-refractivity contribution in [1.29, 1.82) is 0 Å². The highest BCUT2D eigenvalue weighted by atomic mass is 19.3. The van der Waals surface area contributed by atoms with E-state index in [1.807, 2.05) is 19.1 Å². The monoisotopic (exact) mass is 254 g/mol. The molecule has 3 nitrogen and oxygen atoms in total. The molecule has 0 fully saturated rings. The van der Waals surface area contributed by atoms with E-state index in [-0.39, 0.29) is 0 Å². The third-order valence-electron chi connectivity index (χ3n) is 2.38. The van der Waals surface area contributed by atoms with Crippen LogP contribution in [0.15, 0.2) is 29.4 Å². The number of ether oxygens (including phenoxy) is 1. The van der Waals surface area contributed by atoms with Crippen molar-refractivity contribution in [1.82, 2.24) is 0 Å². The van der Waals surface area contributed by atoms with Crippen LogP contribution in [0.3, 0.4) is 0 Å². The van der Waals surface area contributed by atoms with E-state index in [2.05, 4.69) is 4.99 Å². The molecule has 0 aliphatic heterocycles. The van der Waals surface area contributed by atoms with Crippen LogP contribution in [0.1, 0.15) is 11.1 Å². The van der Waals surface area contributed by atoms with Crippen LogP contribution >= 0.6 is 0 Å². The fourth-order valence-electron chi connectivity index (χ4n) is 1.58. The van der Waals surface area contributed by atoms with Gasteiger partial charge < -0.3 is 10.5 Å². The van der Waals surface area contributed by atoms with Crippen molar-refractivity contribution >= 4 is 11.8 Å². The van der Waals surface area contributed by atoms with Crippen molar-refractivity contribution in [2.45, 2.75) is 13.3 Å². The second-order valence-electron chi connectivity index (χ2n) is 3.66. The van der Waals surface area contributed by atoms with Crippen LogP contribution in [0.5, 0.6) is 5.75 Å². The highest BCUT2D eigenvalue weighted by Gasteiger charge is 2.09. The molecule has 0 aromatic heterocycles. The zero-order chi connectivity index (χ0) is 13.5. The molecule has 5 heteroatoms. The summed E-state index contributed by atoms with van der Waals surface area (Å²) in [7, 11) is 1.55. The lowest BCUT2D eigenvalue weighted by atomic mass is 10.0. The van der Waals surface area contributed by atoms with E-state index in [1.165, 1.54) is 12.4 Å². The number of benzene rings is 1. The van der Waals surface area contributed by atoms with Crippen LogP contribution in [0.4, 0.5) is 8.78 Å². The molecule has 98 valence electrons. The van der Waals surface area contributed by atoms with Crippen LogP contribution < -0.4 is 10.5 Å². The highest BCUT2D eigenvalue weighted by Crippen LogP contribution is 2.28. The van der Waals surface area contributed by atoms with Gasteiger partial charge in [-0.25, -0.2) is 8.78 Å². The zero-order valence-electron chi connectivity index (χ0n) is 10.4. The Morgan fingerprint density at radius 2 is 2.22 bits per heavy atom. The molecule has 0 heterocycles. The quantitative estimate of drug-likeness (QED) is 0.821. The maximum atomic E-state index is 12.0. The SMILES string of the molecule is COc1c(C)cccc1C(C=NCC(F)F)=CN. The largest absolute Gasteiger partial charge is 0.496 e. The van der Waals surface area contributed by atoms with Crippen molar-refractivity contribution in [3.05, 3.63) is 35.5 Å². The van der Waals surface area contributed by atoms with Crippen LogP contribution in [-0.2, 0) is 0 Å². The number of hydrogen-bond donors (Lipinski definition) is 1. The molecule has 0 atom stereocenters. The van der Waals surface area contributed by atoms with Gasteiger partial charge in [-0.15, -0.1) is 0 Å². The molecule has 0 aliphatic carbocycles. The Hall–Kier alpha value is -1.91. The van der Waals surface area contributed by atoms with Crippen molar-refractivity contribution < 1.29 is 13.5 Å². The van der Waals surface area contributed by atoms with Gasteiger partial charge in [-0.3, -0.25) is 4.99 Å². The topological polar surface area (TPSA) is 47.6 Å². The first-order valence-corrected chi connectivity index (χ1v) is 5.44. The molecule has 0 bridgehead atoms. The lowest BCUT2D eigenvalue weighted by Gasteiger charge is -2.11. The fraction of sp³-hybridized carbons (Fsp3) is 0.308. The minimum absolute atomic E-state index is 0.536. The highest BCUT2D eigenvalue weighted by molar-refractivity contribution is 6.10. The maximum Gasteiger partial charge on any atom is 0.257 e. The minimum Gasteiger partial charge on any atom is -0.496 e. The van der Waals surface area contributed by atoms with Crippen LogP contribution in [0.2, 0.25) is 0 Å². The maximum absolute atomic E-state index is 12.0. The first-order chi connectivity index (χ1) is 8.60. The molecular formula is C13H16F2N2O. The molecular weight excluding hydrogens is 238 g/mol. The Balaban J connectivity index is 3.03. The fourth-order valence-corrected chi connectivity index (χ4v) is 1.58. The van der Waals surface area contributed by atoms with E-state index < -0.39 is 13.0 Å². The number of halogens is 2. The van der Waals surface area contributed by atoms with Gasteiger partial charge in [-0.2, -0.15) is 0 Å². The minimum atomic E-state index is -2.46. The number of methoxy groups -OCH3 is 1. The van der Waals surface area contributed by atoms with Crippen molar-refractivity contribution in [3.8, 4) is 5.75 Å². The Bertz CT molecular complexity index is 456. The number of nitrogens with two attached hydrogens (primary N) is 1. The van der Waals surface area contributed by atoms with Gasteiger partial charge >= 0.3 is 0 Å². The van der Waals surface area contributed by atoms with Crippen molar-refractivity contribution in [2.24, 2.45) is 10.7 Å². The van der Waals surface area contributed by atoms with E-state index in [0.29, 0.717) is 11.3 Å². The van der Waals surface area contributed by atoms with Gasteiger partial charge in [0.15, 0.2) is 0 Å². The average molecular weight is 254 g/mol. The van der Waals surface area contributed by atoms with Gasteiger partial charge in [0.05, 0.1) is 13.7 Å². The molecule has 18 heavy (non-hydrogen) atoms. The summed E-state index contributed by atoms with van der Waals surface area (Å²) < 4.78 is 29.3. The molecule has 0 amide bonds. The lowest BCUT2D eigenvalue weighted by Crippen LogP contribution is -2.00. The second kappa shape index (κ2) is 6.74. The van der Waals surface area contributed by atoms with Gasteiger partial charge in [0, 0.05) is 23.6 Å². The number of hydrogen-bond acceptors (Lipinski definition) is 3. The summed E-state index contributed by atoms with van der Waals surface area (Å²) in [6.45, 7) is 1.36. The molecule has 2 N–H and O–H groups in total. The molecule has 0 saturated heterocycles. The molecule has 0 saturated carbocycles. The van der Waals surface area contributed by atoms with Crippen LogP contribution in [-0.4, -0.2) is 26.3 Å². The zero-order valence-corrected chi connectivity index (χ0v) is 10.4. The summed E-state index contributed by atoms with van der Waals surface area (Å²) >= 11 is 0. The lowest BCUT2D eigenvalue weighted by molar-refractivity contribution is 0.159. The molecule has 1 aromatic carbocycles. The van der Waals surface area contributed by atoms with Crippen LogP contribution in [0, 0.1) is 6.92 Å². The van der Waals surface area contributed by atoms with Gasteiger partial charge in [-0.05, 0) is 12.5 Å². The van der Waals surface area contributed by atoms with Gasteiger partial charge in [0.25, 0.3) is 6.43 Å². The number of para-hydroxylation sites is 1. The van der Waals surface area contributed by atoms with Crippen molar-refractivity contribution in [2.75, 3.05) is 13.7 Å². The average Bonchev–Trinajstić information content (AvgIpc) is 2.34. The third-order valence-corrected chi connectivity index (χ3v) is 2.38. The number of aliphatic imine (C=N–C) groups is 1. The molecule has 0 unspecified atom stereocenters. The summed E-state index contributed by atoms with van der Waals surface area (Å²) in [4.78, 5) is 3.64. The summed E-state index contributed by atoms with van der Waals surface area (Å²) in [6, 6.07) is 5.54. The molecule has 1 rings (SSSR count). The number of rotatable bonds is 5. The second-order valence-corrected chi connectivity index (χ2v) is 3.66. The molecule has 0 aliphatic rings. The number of nitrogens with zero attached hydrogens (tertiary/aromatic N) is 1. The van der Waals surface area contributed by atoms with E-state index in [1.54, 1.807) is 13.2 Å². The van der Waals surface area contributed by atoms with Crippen molar-refractivity contribution in [3.63, 3.8) is 0 Å². The number of aryl methyl sites for hydroxylation is 1. The molecule has 0 radical (unpaired) electrons. The summed E-state index contributed by atoms with van der Waals surface area (Å²) in [6.07, 6.45) is 0.204.